The molecule has 1 aliphatic heterocycles. The van der Waals surface area contributed by atoms with Gasteiger partial charge in [0.25, 0.3) is 15.9 Å². The van der Waals surface area contributed by atoms with Gasteiger partial charge in [0.15, 0.2) is 0 Å². The summed E-state index contributed by atoms with van der Waals surface area (Å²) < 4.78 is 28.4. The maximum Gasteiger partial charge on any atom is 0.264 e. The predicted octanol–water partition coefficient (Wildman–Crippen LogP) is 7.01. The predicted molar refractivity (Wildman–Crippen MR) is 199 cm³/mol. The van der Waals surface area contributed by atoms with E-state index in [1.165, 1.54) is 16.5 Å². The Hall–Kier alpha value is -4.77. The van der Waals surface area contributed by atoms with Gasteiger partial charge in [-0.1, -0.05) is 54.6 Å². The summed E-state index contributed by atoms with van der Waals surface area (Å²) in [6.45, 7) is 6.82. The molecule has 1 aliphatic rings. The summed E-state index contributed by atoms with van der Waals surface area (Å²) in [5.41, 5.74) is 6.39. The molecule has 10 heteroatoms. The molecule has 0 radical (unpaired) electrons. The van der Waals surface area contributed by atoms with Crippen molar-refractivity contribution in [1.82, 2.24) is 9.62 Å². The zero-order valence-corrected chi connectivity index (χ0v) is 29.0. The average molecular weight is 693 g/mol. The Morgan fingerprint density at radius 1 is 0.816 bits per heavy atom. The van der Waals surface area contributed by atoms with Crippen LogP contribution in [0.2, 0.25) is 0 Å². The highest BCUT2D eigenvalue weighted by atomic mass is 32.2. The van der Waals surface area contributed by atoms with Crippen LogP contribution in [0, 0.1) is 6.92 Å². The van der Waals surface area contributed by atoms with Crippen molar-refractivity contribution in [2.24, 2.45) is 0 Å². The summed E-state index contributed by atoms with van der Waals surface area (Å²) in [5.74, 6) is 0.457. The summed E-state index contributed by atoms with van der Waals surface area (Å²) in [7, 11) is -4.05. The van der Waals surface area contributed by atoms with Crippen molar-refractivity contribution < 1.29 is 18.3 Å². The first kappa shape index (κ1) is 34.1. The second-order valence-corrected chi connectivity index (χ2v) is 14.9. The molecule has 5 aromatic carbocycles. The van der Waals surface area contributed by atoms with E-state index in [1.807, 2.05) is 55.5 Å². The lowest BCUT2D eigenvalue weighted by molar-refractivity contribution is 0.0981. The Labute approximate surface area is 292 Å². The Morgan fingerprint density at radius 3 is 2.22 bits per heavy atom. The van der Waals surface area contributed by atoms with E-state index >= 15 is 0 Å². The zero-order valence-electron chi connectivity index (χ0n) is 27.4. The minimum Gasteiger partial charge on any atom is -0.508 e. The van der Waals surface area contributed by atoms with Crippen LogP contribution >= 0.6 is 11.8 Å². The number of aryl methyl sites for hydroxylation is 1. The molecule has 3 N–H and O–H groups in total. The highest BCUT2D eigenvalue weighted by molar-refractivity contribution is 7.99. The Bertz CT molecular complexity index is 1980. The van der Waals surface area contributed by atoms with Crippen LogP contribution in [0.15, 0.2) is 131 Å². The van der Waals surface area contributed by atoms with Crippen molar-refractivity contribution in [3.8, 4) is 16.9 Å². The van der Waals surface area contributed by atoms with Crippen molar-refractivity contribution in [1.29, 1.82) is 0 Å². The zero-order chi connectivity index (χ0) is 34.2. The van der Waals surface area contributed by atoms with E-state index in [0.717, 1.165) is 73.1 Å². The standard InChI is InChI=1S/C39H40N4O4S2/c1-29-27-36(19-20-38(29)40-21-26-48-35-8-3-2-4-9-35)49(46,47)41-39(45)31-11-15-33(16-12-31)43-24-22-42(23-25-43)28-32-7-5-6-10-37(32)30-13-17-34(44)18-14-30/h2-20,27,40,44H,21-26,28H2,1H3,(H,41,45). The van der Waals surface area contributed by atoms with E-state index in [2.05, 4.69) is 50.2 Å². The molecule has 0 bridgehead atoms. The molecule has 0 atom stereocenters. The third-order valence-electron chi connectivity index (χ3n) is 8.62. The molecule has 0 unspecified atom stereocenters. The summed E-state index contributed by atoms with van der Waals surface area (Å²) in [4.78, 5) is 18.9. The van der Waals surface area contributed by atoms with Crippen LogP contribution in [0.3, 0.4) is 0 Å². The van der Waals surface area contributed by atoms with Crippen LogP contribution < -0.4 is 14.9 Å². The van der Waals surface area contributed by atoms with Gasteiger partial charge in [0.2, 0.25) is 0 Å². The van der Waals surface area contributed by atoms with Gasteiger partial charge in [0.05, 0.1) is 4.90 Å². The molecule has 0 aliphatic carbocycles. The smallest absolute Gasteiger partial charge is 0.264 e. The van der Waals surface area contributed by atoms with Gasteiger partial charge in [0.1, 0.15) is 5.75 Å². The van der Waals surface area contributed by atoms with E-state index in [9.17, 15) is 18.3 Å². The van der Waals surface area contributed by atoms with Gasteiger partial charge in [-0.25, -0.2) is 13.1 Å². The number of hydrogen-bond donors (Lipinski definition) is 3. The molecule has 1 heterocycles. The van der Waals surface area contributed by atoms with Gasteiger partial charge in [-0.3, -0.25) is 9.69 Å². The fourth-order valence-electron chi connectivity index (χ4n) is 5.92. The molecule has 0 spiro atoms. The number of benzene rings is 5. The van der Waals surface area contributed by atoms with Crippen LogP contribution in [-0.2, 0) is 16.6 Å². The highest BCUT2D eigenvalue weighted by Gasteiger charge is 2.22. The van der Waals surface area contributed by atoms with E-state index in [1.54, 1.807) is 48.2 Å². The number of rotatable bonds is 12. The Kier molecular flexibility index (Phi) is 10.9. The summed E-state index contributed by atoms with van der Waals surface area (Å²) in [6, 6.07) is 37.8. The SMILES string of the molecule is Cc1cc(S(=O)(=O)NC(=O)c2ccc(N3CCN(Cc4ccccc4-c4ccc(O)cc4)CC3)cc2)ccc1NCCSc1ccccc1. The van der Waals surface area contributed by atoms with E-state index in [4.69, 9.17) is 0 Å². The third-order valence-corrected chi connectivity index (χ3v) is 11.0. The number of aromatic hydroxyl groups is 1. The minimum atomic E-state index is -4.05. The van der Waals surface area contributed by atoms with E-state index in [0.29, 0.717) is 0 Å². The number of thioether (sulfide) groups is 1. The van der Waals surface area contributed by atoms with Crippen molar-refractivity contribution in [3.63, 3.8) is 0 Å². The number of nitrogens with one attached hydrogen (secondary N) is 2. The quantitative estimate of drug-likeness (QED) is 0.0949. The number of anilines is 2. The number of amides is 1. The fraction of sp³-hybridized carbons (Fsp3) is 0.205. The molecular formula is C39H40N4O4S2. The van der Waals surface area contributed by atoms with Gasteiger partial charge in [-0.2, -0.15) is 0 Å². The van der Waals surface area contributed by atoms with Gasteiger partial charge in [-0.15, -0.1) is 11.8 Å². The Balaban J connectivity index is 0.996. The van der Waals surface area contributed by atoms with Gasteiger partial charge in [0, 0.05) is 66.9 Å². The number of piperazine rings is 1. The van der Waals surface area contributed by atoms with E-state index < -0.39 is 15.9 Å². The molecule has 1 saturated heterocycles. The minimum absolute atomic E-state index is 0.0442. The van der Waals surface area contributed by atoms with Gasteiger partial charge < -0.3 is 15.3 Å². The highest BCUT2D eigenvalue weighted by Crippen LogP contribution is 2.28. The number of hydrogen-bond acceptors (Lipinski definition) is 8. The number of nitrogens with zero attached hydrogens (tertiary/aromatic N) is 2. The lowest BCUT2D eigenvalue weighted by Crippen LogP contribution is -2.46. The van der Waals surface area contributed by atoms with Crippen LogP contribution in [0.5, 0.6) is 5.75 Å². The van der Waals surface area contributed by atoms with Crippen LogP contribution in [0.1, 0.15) is 21.5 Å². The first-order chi connectivity index (χ1) is 23.7. The second-order valence-electron chi connectivity index (χ2n) is 12.0. The molecule has 1 amide bonds. The molecule has 252 valence electrons. The van der Waals surface area contributed by atoms with Gasteiger partial charge >= 0.3 is 0 Å². The summed E-state index contributed by atoms with van der Waals surface area (Å²) >= 11 is 1.75. The molecule has 49 heavy (non-hydrogen) atoms. The maximum atomic E-state index is 13.1. The normalized spacial score (nSPS) is 13.6. The number of carbonyl (C=O) groups excluding carboxylic acids is 1. The summed E-state index contributed by atoms with van der Waals surface area (Å²) in [5, 5.41) is 13.1. The van der Waals surface area contributed by atoms with Gasteiger partial charge in [-0.05, 0) is 95.9 Å². The van der Waals surface area contributed by atoms with Crippen LogP contribution in [-0.4, -0.2) is 62.8 Å². The van der Waals surface area contributed by atoms with Crippen LogP contribution in [0.25, 0.3) is 11.1 Å². The fourth-order valence-corrected chi connectivity index (χ4v) is 7.77. The Morgan fingerprint density at radius 2 is 1.51 bits per heavy atom. The lowest BCUT2D eigenvalue weighted by atomic mass is 9.99. The second kappa shape index (κ2) is 15.6. The molecule has 0 saturated carbocycles. The third kappa shape index (κ3) is 8.83. The molecule has 5 aromatic rings. The van der Waals surface area contributed by atoms with Crippen molar-refractivity contribution in [2.45, 2.75) is 23.3 Å². The number of phenols is 1. The molecule has 6 rings (SSSR count). The first-order valence-corrected chi connectivity index (χ1v) is 18.8. The largest absolute Gasteiger partial charge is 0.508 e. The number of carbonyl (C=O) groups is 1. The van der Waals surface area contributed by atoms with Crippen molar-refractivity contribution in [3.05, 3.63) is 138 Å². The molecule has 1 fully saturated rings. The molecule has 0 aromatic heterocycles. The molecule has 8 nitrogen and oxygen atoms in total. The lowest BCUT2D eigenvalue weighted by Gasteiger charge is -2.36. The monoisotopic (exact) mass is 692 g/mol. The number of sulfonamides is 1. The first-order valence-electron chi connectivity index (χ1n) is 16.3. The maximum absolute atomic E-state index is 13.1. The summed E-state index contributed by atoms with van der Waals surface area (Å²) in [6.07, 6.45) is 0. The van der Waals surface area contributed by atoms with Crippen LogP contribution in [0.4, 0.5) is 11.4 Å². The van der Waals surface area contributed by atoms with Crippen molar-refractivity contribution >= 4 is 39.1 Å². The average Bonchev–Trinajstić information content (AvgIpc) is 3.12. The van der Waals surface area contributed by atoms with Crippen molar-refractivity contribution in [2.75, 3.05) is 48.7 Å². The van der Waals surface area contributed by atoms with E-state index in [-0.39, 0.29) is 16.2 Å². The topological polar surface area (TPSA) is 102 Å². The number of phenolic OH excluding ortho intramolecular Hbond substituents is 1. The molecular weight excluding hydrogens is 653 g/mol.